The van der Waals surface area contributed by atoms with Crippen molar-refractivity contribution in [2.24, 2.45) is 0 Å². The summed E-state index contributed by atoms with van der Waals surface area (Å²) in [5.74, 6) is -1.34. The second-order valence-electron chi connectivity index (χ2n) is 7.74. The summed E-state index contributed by atoms with van der Waals surface area (Å²) >= 11 is 0. The second kappa shape index (κ2) is 7.72. The molecule has 1 N–H and O–H groups in total. The van der Waals surface area contributed by atoms with E-state index < -0.39 is 17.8 Å². The summed E-state index contributed by atoms with van der Waals surface area (Å²) in [7, 11) is 0. The number of rotatable bonds is 3. The smallest absolute Gasteiger partial charge is 0.318 e. The fourth-order valence-electron chi connectivity index (χ4n) is 3.86. The number of carbonyl (C=O) groups excluding carboxylic acids is 3. The molecule has 6 heteroatoms. The molecule has 0 saturated carbocycles. The molecule has 156 valence electrons. The zero-order valence-corrected chi connectivity index (χ0v) is 17.9. The number of anilines is 1. The van der Waals surface area contributed by atoms with Gasteiger partial charge in [0.25, 0.3) is 11.8 Å². The van der Waals surface area contributed by atoms with Gasteiger partial charge in [-0.2, -0.15) is 0 Å². The monoisotopic (exact) mass is 413 g/mol. The minimum absolute atomic E-state index is 0.0785. The first-order valence-electron chi connectivity index (χ1n) is 10.0. The Morgan fingerprint density at radius 1 is 0.871 bits per heavy atom. The Bertz CT molecular complexity index is 1250. The van der Waals surface area contributed by atoms with Gasteiger partial charge in [-0.25, -0.2) is 9.69 Å². The molecule has 1 fully saturated rings. The Kier molecular flexibility index (Phi) is 5.07. The van der Waals surface area contributed by atoms with Crippen molar-refractivity contribution in [3.05, 3.63) is 88.2 Å². The molecular weight excluding hydrogens is 390 g/mol. The molecule has 4 amide bonds. The van der Waals surface area contributed by atoms with Gasteiger partial charge in [0, 0.05) is 17.1 Å². The fourth-order valence-corrected chi connectivity index (χ4v) is 3.86. The van der Waals surface area contributed by atoms with E-state index in [1.54, 1.807) is 18.2 Å². The molecule has 2 heterocycles. The third kappa shape index (κ3) is 3.57. The van der Waals surface area contributed by atoms with Crippen LogP contribution in [0.15, 0.2) is 60.2 Å². The lowest BCUT2D eigenvalue weighted by molar-refractivity contribution is -0.122. The second-order valence-corrected chi connectivity index (χ2v) is 7.74. The number of carbonyl (C=O) groups is 3. The highest BCUT2D eigenvalue weighted by Gasteiger charge is 2.37. The molecule has 4 rings (SSSR count). The van der Waals surface area contributed by atoms with Crippen LogP contribution in [0.5, 0.6) is 0 Å². The highest BCUT2D eigenvalue weighted by atomic mass is 16.2. The molecule has 1 aromatic heterocycles. The van der Waals surface area contributed by atoms with Crippen LogP contribution in [-0.2, 0) is 9.59 Å². The van der Waals surface area contributed by atoms with Crippen LogP contribution in [0.25, 0.3) is 11.8 Å². The molecular formula is C25H23N3O3. The summed E-state index contributed by atoms with van der Waals surface area (Å²) in [4.78, 5) is 39.0. The van der Waals surface area contributed by atoms with Crippen molar-refractivity contribution in [2.45, 2.75) is 27.7 Å². The molecule has 0 bridgehead atoms. The lowest BCUT2D eigenvalue weighted by Gasteiger charge is -2.26. The van der Waals surface area contributed by atoms with Crippen molar-refractivity contribution >= 4 is 29.6 Å². The van der Waals surface area contributed by atoms with E-state index in [-0.39, 0.29) is 5.57 Å². The van der Waals surface area contributed by atoms with Crippen molar-refractivity contribution in [1.29, 1.82) is 0 Å². The number of aromatic nitrogens is 1. The van der Waals surface area contributed by atoms with E-state index in [1.165, 1.54) is 0 Å². The summed E-state index contributed by atoms with van der Waals surface area (Å²) < 4.78 is 2.09. The number of barbiturate groups is 1. The van der Waals surface area contributed by atoms with Crippen LogP contribution in [0.1, 0.15) is 28.1 Å². The van der Waals surface area contributed by atoms with Crippen molar-refractivity contribution in [1.82, 2.24) is 9.88 Å². The van der Waals surface area contributed by atoms with E-state index in [0.29, 0.717) is 5.69 Å². The Morgan fingerprint density at radius 3 is 2.23 bits per heavy atom. The van der Waals surface area contributed by atoms with Crippen molar-refractivity contribution in [2.75, 3.05) is 4.90 Å². The molecule has 0 atom stereocenters. The number of amides is 4. The van der Waals surface area contributed by atoms with E-state index in [2.05, 4.69) is 9.88 Å². The van der Waals surface area contributed by atoms with E-state index in [0.717, 1.165) is 38.7 Å². The maximum Gasteiger partial charge on any atom is 0.335 e. The maximum atomic E-state index is 13.1. The zero-order valence-electron chi connectivity index (χ0n) is 17.9. The lowest BCUT2D eigenvalue weighted by Crippen LogP contribution is -2.54. The molecule has 0 radical (unpaired) electrons. The third-order valence-electron chi connectivity index (χ3n) is 5.52. The number of para-hydroxylation sites is 1. The van der Waals surface area contributed by atoms with Crippen LogP contribution in [0.2, 0.25) is 0 Å². The van der Waals surface area contributed by atoms with Crippen LogP contribution in [-0.4, -0.2) is 22.4 Å². The Labute approximate surface area is 180 Å². The van der Waals surface area contributed by atoms with Crippen molar-refractivity contribution < 1.29 is 14.4 Å². The Balaban J connectivity index is 1.77. The first-order valence-corrected chi connectivity index (χ1v) is 10.0. The maximum absolute atomic E-state index is 13.1. The predicted molar refractivity (Wildman–Crippen MR) is 120 cm³/mol. The van der Waals surface area contributed by atoms with Crippen molar-refractivity contribution in [3.8, 4) is 5.69 Å². The first-order chi connectivity index (χ1) is 14.8. The molecule has 1 aliphatic rings. The number of urea groups is 1. The van der Waals surface area contributed by atoms with Crippen LogP contribution >= 0.6 is 0 Å². The molecule has 1 aliphatic heterocycles. The quantitative estimate of drug-likeness (QED) is 0.512. The average Bonchev–Trinajstić information content (AvgIpc) is 3.00. The van der Waals surface area contributed by atoms with Gasteiger partial charge in [0.05, 0.1) is 5.69 Å². The number of benzene rings is 2. The highest BCUT2D eigenvalue weighted by Crippen LogP contribution is 2.27. The van der Waals surface area contributed by atoms with Gasteiger partial charge in [-0.05, 0) is 69.2 Å². The molecule has 0 spiro atoms. The van der Waals surface area contributed by atoms with Crippen LogP contribution < -0.4 is 10.2 Å². The average molecular weight is 413 g/mol. The minimum Gasteiger partial charge on any atom is -0.318 e. The molecule has 0 unspecified atom stereocenters. The van der Waals surface area contributed by atoms with Gasteiger partial charge >= 0.3 is 6.03 Å². The number of hydrogen-bond acceptors (Lipinski definition) is 3. The largest absolute Gasteiger partial charge is 0.335 e. The molecule has 2 aromatic carbocycles. The topological polar surface area (TPSA) is 71.4 Å². The predicted octanol–water partition coefficient (Wildman–Crippen LogP) is 4.38. The summed E-state index contributed by atoms with van der Waals surface area (Å²) in [5.41, 5.74) is 6.13. The van der Waals surface area contributed by atoms with Crippen LogP contribution in [0, 0.1) is 27.7 Å². The van der Waals surface area contributed by atoms with E-state index in [9.17, 15) is 14.4 Å². The molecule has 31 heavy (non-hydrogen) atoms. The standard InChI is InChI=1S/C25H23N3O3/c1-15-9-11-20(12-10-15)28-24(30)21(23(29)26-25(28)31)14-19-13-17(3)27(18(19)4)22-8-6-5-7-16(22)2/h5-14H,1-4H3,(H,26,29,31)/b21-14+. The van der Waals surface area contributed by atoms with Gasteiger partial charge in [0.15, 0.2) is 0 Å². The summed E-state index contributed by atoms with van der Waals surface area (Å²) in [6.45, 7) is 7.88. The SMILES string of the molecule is Cc1ccc(N2C(=O)NC(=O)/C(=C\c3cc(C)n(-c4ccccc4C)c3C)C2=O)cc1. The van der Waals surface area contributed by atoms with Gasteiger partial charge < -0.3 is 4.57 Å². The number of hydrogen-bond donors (Lipinski definition) is 1. The minimum atomic E-state index is -0.749. The lowest BCUT2D eigenvalue weighted by atomic mass is 10.1. The summed E-state index contributed by atoms with van der Waals surface area (Å²) in [6.07, 6.45) is 1.56. The fraction of sp³-hybridized carbons (Fsp3) is 0.160. The van der Waals surface area contributed by atoms with Gasteiger partial charge in [-0.3, -0.25) is 14.9 Å². The number of nitrogens with one attached hydrogen (secondary N) is 1. The van der Waals surface area contributed by atoms with Gasteiger partial charge in [0.1, 0.15) is 5.57 Å². The van der Waals surface area contributed by atoms with Crippen LogP contribution in [0.4, 0.5) is 10.5 Å². The summed E-state index contributed by atoms with van der Waals surface area (Å²) in [6, 6.07) is 16.2. The van der Waals surface area contributed by atoms with Crippen molar-refractivity contribution in [3.63, 3.8) is 0 Å². The zero-order chi connectivity index (χ0) is 22.3. The Hall–Kier alpha value is -3.93. The highest BCUT2D eigenvalue weighted by molar-refractivity contribution is 6.39. The number of nitrogens with zero attached hydrogens (tertiary/aromatic N) is 2. The van der Waals surface area contributed by atoms with E-state index >= 15 is 0 Å². The molecule has 0 aliphatic carbocycles. The number of aryl methyl sites for hydroxylation is 3. The van der Waals surface area contributed by atoms with Gasteiger partial charge in [-0.15, -0.1) is 0 Å². The first kappa shape index (κ1) is 20.3. The third-order valence-corrected chi connectivity index (χ3v) is 5.52. The van der Waals surface area contributed by atoms with E-state index in [4.69, 9.17) is 0 Å². The summed E-state index contributed by atoms with van der Waals surface area (Å²) in [5, 5.41) is 2.28. The van der Waals surface area contributed by atoms with E-state index in [1.807, 2.05) is 70.2 Å². The number of imide groups is 2. The van der Waals surface area contributed by atoms with Crippen LogP contribution in [0.3, 0.4) is 0 Å². The Morgan fingerprint density at radius 2 is 1.55 bits per heavy atom. The molecule has 6 nitrogen and oxygen atoms in total. The molecule has 1 saturated heterocycles. The normalized spacial score (nSPS) is 15.5. The van der Waals surface area contributed by atoms with Gasteiger partial charge in [-0.1, -0.05) is 35.9 Å². The molecule has 3 aromatic rings. The van der Waals surface area contributed by atoms with Gasteiger partial charge in [0.2, 0.25) is 0 Å².